The van der Waals surface area contributed by atoms with Crippen LogP contribution in [0.15, 0.2) is 36.7 Å². The molecule has 1 amide bonds. The first-order valence-electron chi connectivity index (χ1n) is 8.18. The summed E-state index contributed by atoms with van der Waals surface area (Å²) in [7, 11) is 0. The van der Waals surface area contributed by atoms with Crippen LogP contribution >= 0.6 is 0 Å². The molecule has 24 heavy (non-hydrogen) atoms. The number of amides is 1. The van der Waals surface area contributed by atoms with Crippen LogP contribution in [-0.2, 0) is 6.42 Å². The van der Waals surface area contributed by atoms with Gasteiger partial charge >= 0.3 is 6.01 Å². The zero-order chi connectivity index (χ0) is 16.9. The Morgan fingerprint density at radius 2 is 2.17 bits per heavy atom. The van der Waals surface area contributed by atoms with Crippen LogP contribution in [0.4, 0.5) is 4.39 Å². The molecule has 2 heterocycles. The van der Waals surface area contributed by atoms with Crippen LogP contribution in [0.2, 0.25) is 0 Å². The van der Waals surface area contributed by atoms with Crippen molar-refractivity contribution >= 4 is 5.91 Å². The Morgan fingerprint density at radius 1 is 1.38 bits per heavy atom. The molecule has 1 atom stereocenters. The number of hydrogen-bond donors (Lipinski definition) is 0. The summed E-state index contributed by atoms with van der Waals surface area (Å²) < 4.78 is 19.1. The fourth-order valence-electron chi connectivity index (χ4n) is 2.76. The van der Waals surface area contributed by atoms with Crippen LogP contribution in [0.3, 0.4) is 0 Å². The van der Waals surface area contributed by atoms with Crippen LogP contribution in [0.25, 0.3) is 0 Å². The second-order valence-electron chi connectivity index (χ2n) is 5.87. The number of aryl methyl sites for hydroxylation is 1. The second kappa shape index (κ2) is 7.38. The lowest BCUT2D eigenvalue weighted by atomic mass is 10.1. The molecule has 0 bridgehead atoms. The van der Waals surface area contributed by atoms with Crippen LogP contribution in [0, 0.1) is 5.82 Å². The maximum atomic E-state index is 13.3. The van der Waals surface area contributed by atoms with Gasteiger partial charge in [0.05, 0.1) is 6.54 Å². The van der Waals surface area contributed by atoms with E-state index in [1.54, 1.807) is 29.4 Å². The van der Waals surface area contributed by atoms with Gasteiger partial charge in [0, 0.05) is 24.5 Å². The molecule has 0 radical (unpaired) electrons. The molecule has 1 unspecified atom stereocenters. The number of nitrogens with zero attached hydrogens (tertiary/aromatic N) is 3. The molecule has 2 aromatic rings. The maximum absolute atomic E-state index is 13.3. The third-order valence-electron chi connectivity index (χ3n) is 4.10. The third-order valence-corrected chi connectivity index (χ3v) is 4.10. The number of ether oxygens (including phenoxy) is 1. The molecule has 0 spiro atoms. The number of rotatable bonds is 4. The first-order chi connectivity index (χ1) is 11.7. The molecule has 6 heteroatoms. The fraction of sp³-hybridized carbons (Fsp3) is 0.389. The van der Waals surface area contributed by atoms with Crippen molar-refractivity contribution < 1.29 is 13.9 Å². The highest BCUT2D eigenvalue weighted by atomic mass is 19.1. The van der Waals surface area contributed by atoms with E-state index in [4.69, 9.17) is 4.74 Å². The van der Waals surface area contributed by atoms with Gasteiger partial charge in [-0.1, -0.05) is 13.0 Å². The van der Waals surface area contributed by atoms with E-state index in [0.717, 1.165) is 24.8 Å². The number of carbonyl (C=O) groups excluding carboxylic acids is 1. The molecular formula is C18H20FN3O2. The highest BCUT2D eigenvalue weighted by Gasteiger charge is 2.26. The number of piperidine rings is 1. The monoisotopic (exact) mass is 329 g/mol. The minimum Gasteiger partial charge on any atom is -0.458 e. The Morgan fingerprint density at radius 3 is 2.88 bits per heavy atom. The molecule has 1 aliphatic heterocycles. The van der Waals surface area contributed by atoms with Gasteiger partial charge in [-0.15, -0.1) is 0 Å². The first kappa shape index (κ1) is 16.4. The minimum atomic E-state index is -0.407. The second-order valence-corrected chi connectivity index (χ2v) is 5.87. The number of hydrogen-bond acceptors (Lipinski definition) is 4. The SMILES string of the molecule is CCc1cnc(OC2CCCN(C(=O)c3cccc(F)c3)C2)nc1. The van der Waals surface area contributed by atoms with E-state index in [2.05, 4.69) is 9.97 Å². The van der Waals surface area contributed by atoms with E-state index in [1.165, 1.54) is 12.1 Å². The van der Waals surface area contributed by atoms with Crippen molar-refractivity contribution in [1.29, 1.82) is 0 Å². The van der Waals surface area contributed by atoms with Gasteiger partial charge in [0.25, 0.3) is 5.91 Å². The number of aromatic nitrogens is 2. The molecule has 1 aliphatic rings. The van der Waals surface area contributed by atoms with Crippen molar-refractivity contribution in [1.82, 2.24) is 14.9 Å². The highest BCUT2D eigenvalue weighted by Crippen LogP contribution is 2.18. The van der Waals surface area contributed by atoms with E-state index in [1.807, 2.05) is 6.92 Å². The van der Waals surface area contributed by atoms with Gasteiger partial charge in [0.15, 0.2) is 0 Å². The van der Waals surface area contributed by atoms with Crippen molar-refractivity contribution in [3.05, 3.63) is 53.6 Å². The summed E-state index contributed by atoms with van der Waals surface area (Å²) in [5.74, 6) is -0.583. The summed E-state index contributed by atoms with van der Waals surface area (Å²) in [6, 6.07) is 6.10. The third kappa shape index (κ3) is 3.88. The van der Waals surface area contributed by atoms with E-state index < -0.39 is 5.82 Å². The molecule has 0 saturated carbocycles. The van der Waals surface area contributed by atoms with E-state index >= 15 is 0 Å². The summed E-state index contributed by atoms with van der Waals surface area (Å²) in [4.78, 5) is 22.6. The molecule has 126 valence electrons. The molecule has 0 aliphatic carbocycles. The van der Waals surface area contributed by atoms with Gasteiger partial charge in [0.1, 0.15) is 11.9 Å². The summed E-state index contributed by atoms with van der Waals surface area (Å²) in [5.41, 5.74) is 1.41. The normalized spacial score (nSPS) is 17.6. The Kier molecular flexibility index (Phi) is 5.03. The summed E-state index contributed by atoms with van der Waals surface area (Å²) in [5, 5.41) is 0. The van der Waals surface area contributed by atoms with Crippen LogP contribution < -0.4 is 4.74 Å². The Balaban J connectivity index is 1.64. The lowest BCUT2D eigenvalue weighted by molar-refractivity contribution is 0.0515. The zero-order valence-electron chi connectivity index (χ0n) is 13.6. The molecule has 0 N–H and O–H groups in total. The number of likely N-dealkylation sites (tertiary alicyclic amines) is 1. The first-order valence-corrected chi connectivity index (χ1v) is 8.18. The van der Waals surface area contributed by atoms with Crippen LogP contribution in [0.5, 0.6) is 6.01 Å². The van der Waals surface area contributed by atoms with Crippen molar-refractivity contribution in [3.63, 3.8) is 0 Å². The van der Waals surface area contributed by atoms with Crippen LogP contribution in [0.1, 0.15) is 35.7 Å². The van der Waals surface area contributed by atoms with Crippen molar-refractivity contribution in [2.45, 2.75) is 32.3 Å². The zero-order valence-corrected chi connectivity index (χ0v) is 13.6. The molecule has 1 fully saturated rings. The molecule has 1 saturated heterocycles. The van der Waals surface area contributed by atoms with Gasteiger partial charge in [-0.3, -0.25) is 4.79 Å². The standard InChI is InChI=1S/C18H20FN3O2/c1-2-13-10-20-18(21-11-13)24-16-7-4-8-22(12-16)17(23)14-5-3-6-15(19)9-14/h3,5-6,9-11,16H,2,4,7-8,12H2,1H3. The minimum absolute atomic E-state index is 0.149. The van der Waals surface area contributed by atoms with Crippen molar-refractivity contribution in [2.75, 3.05) is 13.1 Å². The van der Waals surface area contributed by atoms with Gasteiger partial charge in [-0.05, 0) is 43.0 Å². The van der Waals surface area contributed by atoms with E-state index in [9.17, 15) is 9.18 Å². The predicted molar refractivity (Wildman–Crippen MR) is 87.4 cm³/mol. The topological polar surface area (TPSA) is 55.3 Å². The van der Waals surface area contributed by atoms with Crippen molar-refractivity contribution in [2.24, 2.45) is 0 Å². The molecule has 5 nitrogen and oxygen atoms in total. The molecule has 1 aromatic carbocycles. The number of carbonyl (C=O) groups is 1. The largest absolute Gasteiger partial charge is 0.458 e. The quantitative estimate of drug-likeness (QED) is 0.865. The number of benzene rings is 1. The molecule has 3 rings (SSSR count). The maximum Gasteiger partial charge on any atom is 0.316 e. The highest BCUT2D eigenvalue weighted by molar-refractivity contribution is 5.94. The Labute approximate surface area is 140 Å². The average Bonchev–Trinajstić information content (AvgIpc) is 2.62. The van der Waals surface area contributed by atoms with E-state index in [0.29, 0.717) is 24.7 Å². The number of halogens is 1. The lowest BCUT2D eigenvalue weighted by Crippen LogP contribution is -2.44. The summed E-state index contributed by atoms with van der Waals surface area (Å²) in [6.07, 6.45) is 5.90. The smallest absolute Gasteiger partial charge is 0.316 e. The molecular weight excluding hydrogens is 309 g/mol. The van der Waals surface area contributed by atoms with Crippen LogP contribution in [-0.4, -0.2) is 40.0 Å². The Hall–Kier alpha value is -2.50. The van der Waals surface area contributed by atoms with Gasteiger partial charge < -0.3 is 9.64 Å². The van der Waals surface area contributed by atoms with E-state index in [-0.39, 0.29) is 12.0 Å². The Bertz CT molecular complexity index is 706. The van der Waals surface area contributed by atoms with Crippen molar-refractivity contribution in [3.8, 4) is 6.01 Å². The lowest BCUT2D eigenvalue weighted by Gasteiger charge is -2.32. The van der Waals surface area contributed by atoms with Gasteiger partial charge in [-0.2, -0.15) is 0 Å². The summed E-state index contributed by atoms with van der Waals surface area (Å²) >= 11 is 0. The fourth-order valence-corrected chi connectivity index (χ4v) is 2.76. The van der Waals surface area contributed by atoms with Gasteiger partial charge in [-0.25, -0.2) is 14.4 Å². The predicted octanol–water partition coefficient (Wildman–Crippen LogP) is 2.86. The van der Waals surface area contributed by atoms with Gasteiger partial charge in [0.2, 0.25) is 0 Å². The summed E-state index contributed by atoms with van der Waals surface area (Å²) in [6.45, 7) is 3.13. The average molecular weight is 329 g/mol. The molecule has 1 aromatic heterocycles.